The number of benzene rings is 1. The maximum Gasteiger partial charge on any atom is 0.276 e. The fraction of sp³-hybridized carbons (Fsp3) is 0.214. The second-order valence-corrected chi connectivity index (χ2v) is 4.20. The van der Waals surface area contributed by atoms with Crippen LogP contribution in [0.3, 0.4) is 0 Å². The van der Waals surface area contributed by atoms with E-state index in [9.17, 15) is 4.79 Å². The summed E-state index contributed by atoms with van der Waals surface area (Å²) in [7, 11) is 1.50. The van der Waals surface area contributed by atoms with Crippen molar-refractivity contribution >= 4 is 11.9 Å². The van der Waals surface area contributed by atoms with Gasteiger partial charge in [0.05, 0.1) is 7.11 Å². The Balaban J connectivity index is 1.79. The molecule has 0 radical (unpaired) electrons. The first-order valence-corrected chi connectivity index (χ1v) is 6.29. The highest BCUT2D eigenvalue weighted by atomic mass is 16.5. The van der Waals surface area contributed by atoms with Gasteiger partial charge >= 0.3 is 0 Å². The third kappa shape index (κ3) is 4.64. The molecule has 21 heavy (non-hydrogen) atoms. The third-order valence-corrected chi connectivity index (χ3v) is 2.51. The van der Waals surface area contributed by atoms with Crippen LogP contribution in [0.25, 0.3) is 0 Å². The Labute approximate surface area is 122 Å². The normalized spacial score (nSPS) is 9.81. The molecule has 7 nitrogen and oxygen atoms in total. The Morgan fingerprint density at radius 3 is 2.95 bits per heavy atom. The molecular weight excluding hydrogens is 272 g/mol. The van der Waals surface area contributed by atoms with Crippen molar-refractivity contribution in [3.05, 3.63) is 42.1 Å². The molecule has 7 heteroatoms. The Hall–Kier alpha value is -2.83. The first kappa shape index (κ1) is 14.6. The van der Waals surface area contributed by atoms with Crippen molar-refractivity contribution in [3.8, 4) is 11.6 Å². The minimum atomic E-state index is -0.345. The molecule has 2 N–H and O–H groups in total. The molecule has 0 bridgehead atoms. The summed E-state index contributed by atoms with van der Waals surface area (Å²) in [6, 6.07) is 9.07. The molecule has 0 aliphatic heterocycles. The molecule has 0 aliphatic rings. The van der Waals surface area contributed by atoms with Crippen LogP contribution in [0.4, 0.5) is 5.95 Å². The number of methoxy groups -OCH3 is 1. The maximum absolute atomic E-state index is 11.6. The molecule has 2 rings (SSSR count). The molecule has 0 spiro atoms. The van der Waals surface area contributed by atoms with Gasteiger partial charge in [-0.3, -0.25) is 15.6 Å². The Kier molecular flexibility index (Phi) is 4.92. The van der Waals surface area contributed by atoms with Crippen molar-refractivity contribution in [3.63, 3.8) is 0 Å². The summed E-state index contributed by atoms with van der Waals surface area (Å²) in [6.07, 6.45) is 1.52. The van der Waals surface area contributed by atoms with Crippen LogP contribution in [-0.4, -0.2) is 29.6 Å². The summed E-state index contributed by atoms with van der Waals surface area (Å²) < 4.78 is 10.3. The Morgan fingerprint density at radius 1 is 1.33 bits per heavy atom. The maximum atomic E-state index is 11.6. The molecule has 0 aliphatic carbocycles. The fourth-order valence-corrected chi connectivity index (χ4v) is 1.53. The third-order valence-electron chi connectivity index (χ3n) is 2.51. The van der Waals surface area contributed by atoms with Gasteiger partial charge in [0.2, 0.25) is 11.8 Å². The van der Waals surface area contributed by atoms with Crippen molar-refractivity contribution in [2.24, 2.45) is 0 Å². The molecule has 0 saturated heterocycles. The van der Waals surface area contributed by atoms with Crippen LogP contribution in [0.5, 0.6) is 11.6 Å². The number of ether oxygens (including phenoxy) is 2. The zero-order chi connectivity index (χ0) is 15.1. The van der Waals surface area contributed by atoms with Gasteiger partial charge < -0.3 is 9.47 Å². The van der Waals surface area contributed by atoms with Crippen molar-refractivity contribution < 1.29 is 14.3 Å². The van der Waals surface area contributed by atoms with Crippen LogP contribution in [0.1, 0.15) is 5.56 Å². The summed E-state index contributed by atoms with van der Waals surface area (Å²) in [6.45, 7) is 1.84. The number of carbonyl (C=O) groups excluding carboxylic acids is 1. The predicted octanol–water partition coefficient (Wildman–Crippen LogP) is 1.32. The number of hydrogen-bond donors (Lipinski definition) is 2. The summed E-state index contributed by atoms with van der Waals surface area (Å²) in [4.78, 5) is 19.6. The first-order valence-electron chi connectivity index (χ1n) is 6.29. The van der Waals surface area contributed by atoms with Crippen LogP contribution in [0.15, 0.2) is 36.5 Å². The van der Waals surface area contributed by atoms with Crippen molar-refractivity contribution in [1.82, 2.24) is 15.4 Å². The smallest absolute Gasteiger partial charge is 0.276 e. The summed E-state index contributed by atoms with van der Waals surface area (Å²) in [5.41, 5.74) is 6.09. The molecular formula is C14H16N4O3. The standard InChI is InChI=1S/C14H16N4O3/c1-10-4-3-5-11(8-10)21-9-12(19)17-18-14-15-7-6-13(16-14)20-2/h3-8H,9H2,1-2H3,(H,17,19)(H,15,16,18). The van der Waals surface area contributed by atoms with Crippen molar-refractivity contribution in [1.29, 1.82) is 0 Å². The lowest BCUT2D eigenvalue weighted by atomic mass is 10.2. The van der Waals surface area contributed by atoms with Crippen LogP contribution in [0.2, 0.25) is 0 Å². The number of hydrogen-bond acceptors (Lipinski definition) is 6. The number of aromatic nitrogens is 2. The number of anilines is 1. The van der Waals surface area contributed by atoms with E-state index in [1.54, 1.807) is 12.1 Å². The fourth-order valence-electron chi connectivity index (χ4n) is 1.53. The van der Waals surface area contributed by atoms with E-state index < -0.39 is 0 Å². The van der Waals surface area contributed by atoms with Gasteiger partial charge in [0.15, 0.2) is 6.61 Å². The number of carbonyl (C=O) groups is 1. The van der Waals surface area contributed by atoms with Crippen LogP contribution in [0, 0.1) is 6.92 Å². The summed E-state index contributed by atoms with van der Waals surface area (Å²) in [5, 5.41) is 0. The van der Waals surface area contributed by atoms with E-state index in [1.807, 2.05) is 25.1 Å². The first-order chi connectivity index (χ1) is 10.2. The zero-order valence-electron chi connectivity index (χ0n) is 11.8. The number of nitrogens with zero attached hydrogens (tertiary/aromatic N) is 2. The Bertz CT molecular complexity index is 619. The van der Waals surface area contributed by atoms with Gasteiger partial charge in [0.1, 0.15) is 5.75 Å². The molecule has 0 fully saturated rings. The predicted molar refractivity (Wildman–Crippen MR) is 77.0 cm³/mol. The van der Waals surface area contributed by atoms with Gasteiger partial charge in [-0.25, -0.2) is 4.98 Å². The highest BCUT2D eigenvalue weighted by Gasteiger charge is 2.04. The van der Waals surface area contributed by atoms with E-state index in [1.165, 1.54) is 13.3 Å². The molecule has 0 atom stereocenters. The number of nitrogens with one attached hydrogen (secondary N) is 2. The van der Waals surface area contributed by atoms with Gasteiger partial charge in [-0.15, -0.1) is 0 Å². The van der Waals surface area contributed by atoms with Gasteiger partial charge in [0, 0.05) is 12.3 Å². The van der Waals surface area contributed by atoms with Crippen LogP contribution < -0.4 is 20.3 Å². The highest BCUT2D eigenvalue weighted by molar-refractivity contribution is 5.78. The molecule has 0 unspecified atom stereocenters. The number of aryl methyl sites for hydroxylation is 1. The molecule has 1 aromatic carbocycles. The number of rotatable bonds is 6. The molecule has 1 heterocycles. The summed E-state index contributed by atoms with van der Waals surface area (Å²) >= 11 is 0. The minimum absolute atomic E-state index is 0.111. The van der Waals surface area contributed by atoms with Crippen LogP contribution in [-0.2, 0) is 4.79 Å². The van der Waals surface area contributed by atoms with Gasteiger partial charge in [-0.2, -0.15) is 4.98 Å². The van der Waals surface area contributed by atoms with E-state index in [0.717, 1.165) is 5.56 Å². The molecule has 1 aromatic heterocycles. The van der Waals surface area contributed by atoms with E-state index in [2.05, 4.69) is 20.8 Å². The van der Waals surface area contributed by atoms with Crippen molar-refractivity contribution in [2.75, 3.05) is 19.1 Å². The lowest BCUT2D eigenvalue weighted by Crippen LogP contribution is -2.34. The van der Waals surface area contributed by atoms with Gasteiger partial charge in [0.25, 0.3) is 5.91 Å². The Morgan fingerprint density at radius 2 is 2.19 bits per heavy atom. The van der Waals surface area contributed by atoms with Crippen molar-refractivity contribution in [2.45, 2.75) is 6.92 Å². The average Bonchev–Trinajstić information content (AvgIpc) is 2.51. The highest BCUT2D eigenvalue weighted by Crippen LogP contribution is 2.11. The lowest BCUT2D eigenvalue weighted by molar-refractivity contribution is -0.122. The van der Waals surface area contributed by atoms with Gasteiger partial charge in [-0.1, -0.05) is 12.1 Å². The quantitative estimate of drug-likeness (QED) is 0.780. The molecule has 2 aromatic rings. The minimum Gasteiger partial charge on any atom is -0.484 e. The molecule has 110 valence electrons. The van der Waals surface area contributed by atoms with Gasteiger partial charge in [-0.05, 0) is 24.6 Å². The number of hydrazine groups is 1. The number of amides is 1. The van der Waals surface area contributed by atoms with E-state index >= 15 is 0 Å². The van der Waals surface area contributed by atoms with Crippen LogP contribution >= 0.6 is 0 Å². The molecule has 0 saturated carbocycles. The zero-order valence-corrected chi connectivity index (χ0v) is 11.8. The topological polar surface area (TPSA) is 85.4 Å². The van der Waals surface area contributed by atoms with E-state index in [-0.39, 0.29) is 18.5 Å². The molecule has 1 amide bonds. The monoisotopic (exact) mass is 288 g/mol. The SMILES string of the molecule is COc1ccnc(NNC(=O)COc2cccc(C)c2)n1. The average molecular weight is 288 g/mol. The largest absolute Gasteiger partial charge is 0.484 e. The summed E-state index contributed by atoms with van der Waals surface area (Å²) in [5.74, 6) is 0.932. The lowest BCUT2D eigenvalue weighted by Gasteiger charge is -2.09. The van der Waals surface area contributed by atoms with E-state index in [4.69, 9.17) is 9.47 Å². The van der Waals surface area contributed by atoms with E-state index in [0.29, 0.717) is 11.6 Å². The second kappa shape index (κ2) is 7.09. The second-order valence-electron chi connectivity index (χ2n) is 4.20.